The molecule has 0 radical (unpaired) electrons. The SMILES string of the molecule is Cc1cc(C(=O)O)cc2c1OC(C(C)(C)O)C2. The lowest BCUT2D eigenvalue weighted by molar-refractivity contribution is -0.0231. The van der Waals surface area contributed by atoms with Crippen LogP contribution in [0.1, 0.15) is 35.3 Å². The van der Waals surface area contributed by atoms with Crippen LogP contribution in [0.4, 0.5) is 0 Å². The monoisotopic (exact) mass is 236 g/mol. The number of rotatable bonds is 2. The van der Waals surface area contributed by atoms with Gasteiger partial charge in [-0.3, -0.25) is 0 Å². The van der Waals surface area contributed by atoms with Gasteiger partial charge in [0.05, 0.1) is 11.2 Å². The van der Waals surface area contributed by atoms with E-state index < -0.39 is 11.6 Å². The van der Waals surface area contributed by atoms with Crippen molar-refractivity contribution in [3.63, 3.8) is 0 Å². The lowest BCUT2D eigenvalue weighted by Crippen LogP contribution is -2.39. The Hall–Kier alpha value is -1.55. The molecule has 0 aromatic heterocycles. The smallest absolute Gasteiger partial charge is 0.335 e. The number of benzene rings is 1. The molecule has 92 valence electrons. The zero-order chi connectivity index (χ0) is 12.8. The van der Waals surface area contributed by atoms with E-state index in [1.165, 1.54) is 0 Å². The highest BCUT2D eigenvalue weighted by molar-refractivity contribution is 5.88. The predicted octanol–water partition coefficient (Wildman–Crippen LogP) is 1.77. The van der Waals surface area contributed by atoms with Gasteiger partial charge in [0.15, 0.2) is 0 Å². The normalized spacial score (nSPS) is 18.7. The second kappa shape index (κ2) is 3.74. The first kappa shape index (κ1) is 11.9. The molecule has 1 atom stereocenters. The molecule has 1 aliphatic heterocycles. The van der Waals surface area contributed by atoms with E-state index in [1.54, 1.807) is 26.0 Å². The van der Waals surface area contributed by atoms with Crippen LogP contribution in [-0.2, 0) is 6.42 Å². The lowest BCUT2D eigenvalue weighted by Gasteiger charge is -2.24. The summed E-state index contributed by atoms with van der Waals surface area (Å²) in [6, 6.07) is 3.21. The summed E-state index contributed by atoms with van der Waals surface area (Å²) in [6.45, 7) is 5.20. The van der Waals surface area contributed by atoms with E-state index in [-0.39, 0.29) is 11.7 Å². The van der Waals surface area contributed by atoms with Crippen LogP contribution >= 0.6 is 0 Å². The van der Waals surface area contributed by atoms with Gasteiger partial charge in [-0.2, -0.15) is 0 Å². The van der Waals surface area contributed by atoms with Gasteiger partial charge >= 0.3 is 5.97 Å². The summed E-state index contributed by atoms with van der Waals surface area (Å²) >= 11 is 0. The maximum atomic E-state index is 10.9. The summed E-state index contributed by atoms with van der Waals surface area (Å²) in [7, 11) is 0. The van der Waals surface area contributed by atoms with Gasteiger partial charge in [-0.15, -0.1) is 0 Å². The first-order valence-corrected chi connectivity index (χ1v) is 5.55. The molecule has 1 aromatic carbocycles. The highest BCUT2D eigenvalue weighted by atomic mass is 16.5. The van der Waals surface area contributed by atoms with E-state index in [4.69, 9.17) is 9.84 Å². The second-order valence-corrected chi connectivity index (χ2v) is 5.05. The van der Waals surface area contributed by atoms with Crippen LogP contribution in [0, 0.1) is 6.92 Å². The van der Waals surface area contributed by atoms with Gasteiger partial charge in [0.1, 0.15) is 11.9 Å². The summed E-state index contributed by atoms with van der Waals surface area (Å²) in [5.74, 6) is -0.232. The molecule has 0 saturated heterocycles. The first-order valence-electron chi connectivity index (χ1n) is 5.55. The van der Waals surface area contributed by atoms with Crippen molar-refractivity contribution in [3.8, 4) is 5.75 Å². The minimum atomic E-state index is -0.942. The van der Waals surface area contributed by atoms with E-state index in [1.807, 2.05) is 6.92 Å². The minimum absolute atomic E-state index is 0.265. The van der Waals surface area contributed by atoms with E-state index in [2.05, 4.69) is 0 Å². The van der Waals surface area contributed by atoms with Gasteiger partial charge in [0.25, 0.3) is 0 Å². The van der Waals surface area contributed by atoms with Crippen molar-refractivity contribution in [1.82, 2.24) is 0 Å². The van der Waals surface area contributed by atoms with Crippen LogP contribution in [0.3, 0.4) is 0 Å². The van der Waals surface area contributed by atoms with Gasteiger partial charge in [-0.05, 0) is 44.0 Å². The number of hydrogen-bond donors (Lipinski definition) is 2. The molecule has 4 heteroatoms. The number of carbonyl (C=O) groups is 1. The van der Waals surface area contributed by atoms with E-state index in [0.717, 1.165) is 11.1 Å². The molecule has 1 unspecified atom stereocenters. The third-order valence-corrected chi connectivity index (χ3v) is 3.05. The van der Waals surface area contributed by atoms with Crippen molar-refractivity contribution in [2.24, 2.45) is 0 Å². The molecular weight excluding hydrogens is 220 g/mol. The summed E-state index contributed by atoms with van der Waals surface area (Å²) in [5, 5.41) is 18.9. The van der Waals surface area contributed by atoms with Crippen LogP contribution < -0.4 is 4.74 Å². The summed E-state index contributed by atoms with van der Waals surface area (Å²) in [5.41, 5.74) is 0.983. The van der Waals surface area contributed by atoms with Gasteiger partial charge in [0.2, 0.25) is 0 Å². The quantitative estimate of drug-likeness (QED) is 0.821. The molecule has 0 saturated carbocycles. The third-order valence-electron chi connectivity index (χ3n) is 3.05. The zero-order valence-corrected chi connectivity index (χ0v) is 10.2. The van der Waals surface area contributed by atoms with E-state index >= 15 is 0 Å². The molecule has 1 aliphatic rings. The third kappa shape index (κ3) is 2.13. The molecule has 0 fully saturated rings. The Morgan fingerprint density at radius 3 is 2.65 bits per heavy atom. The molecule has 0 spiro atoms. The summed E-state index contributed by atoms with van der Waals surface area (Å²) < 4.78 is 5.69. The molecule has 1 heterocycles. The number of fused-ring (bicyclic) bond motifs is 1. The Bertz CT molecular complexity index is 471. The Labute approximate surface area is 99.8 Å². The van der Waals surface area contributed by atoms with Crippen LogP contribution in [0.25, 0.3) is 0 Å². The van der Waals surface area contributed by atoms with Crippen LogP contribution in [0.5, 0.6) is 5.75 Å². The van der Waals surface area contributed by atoms with Crippen molar-refractivity contribution >= 4 is 5.97 Å². The van der Waals surface area contributed by atoms with Gasteiger partial charge in [0, 0.05) is 6.42 Å². The number of aliphatic hydroxyl groups is 1. The van der Waals surface area contributed by atoms with Crippen molar-refractivity contribution in [1.29, 1.82) is 0 Å². The average Bonchev–Trinajstić information content (AvgIpc) is 2.60. The number of ether oxygens (including phenoxy) is 1. The molecule has 0 bridgehead atoms. The number of carboxylic acid groups (broad SMARTS) is 1. The van der Waals surface area contributed by atoms with Crippen molar-refractivity contribution in [3.05, 3.63) is 28.8 Å². The highest BCUT2D eigenvalue weighted by Gasteiger charge is 2.35. The van der Waals surface area contributed by atoms with E-state index in [0.29, 0.717) is 12.2 Å². The molecule has 0 aliphatic carbocycles. The Morgan fingerprint density at radius 1 is 1.47 bits per heavy atom. The predicted molar refractivity (Wildman–Crippen MR) is 62.6 cm³/mol. The zero-order valence-electron chi connectivity index (χ0n) is 10.2. The number of aryl methyl sites for hydroxylation is 1. The molecule has 4 nitrogen and oxygen atoms in total. The molecule has 1 aromatic rings. The minimum Gasteiger partial charge on any atom is -0.487 e. The van der Waals surface area contributed by atoms with Gasteiger partial charge in [-0.25, -0.2) is 4.79 Å². The maximum Gasteiger partial charge on any atom is 0.335 e. The first-order chi connectivity index (χ1) is 7.79. The fourth-order valence-electron chi connectivity index (χ4n) is 2.07. The average molecular weight is 236 g/mol. The Morgan fingerprint density at radius 2 is 2.12 bits per heavy atom. The topological polar surface area (TPSA) is 66.8 Å². The standard InChI is InChI=1S/C13H16O4/c1-7-4-9(12(14)15)5-8-6-10(13(2,3)16)17-11(7)8/h4-5,10,16H,6H2,1-3H3,(H,14,15). The fourth-order valence-corrected chi connectivity index (χ4v) is 2.07. The van der Waals surface area contributed by atoms with Crippen molar-refractivity contribution < 1.29 is 19.7 Å². The second-order valence-electron chi connectivity index (χ2n) is 5.05. The maximum absolute atomic E-state index is 10.9. The molecule has 2 N–H and O–H groups in total. The molecule has 0 amide bonds. The largest absolute Gasteiger partial charge is 0.487 e. The molecule has 2 rings (SSSR count). The lowest BCUT2D eigenvalue weighted by atomic mass is 9.96. The van der Waals surface area contributed by atoms with Crippen molar-refractivity contribution in [2.45, 2.75) is 38.9 Å². The van der Waals surface area contributed by atoms with Crippen LogP contribution in [-0.4, -0.2) is 27.9 Å². The molecular formula is C13H16O4. The van der Waals surface area contributed by atoms with Crippen LogP contribution in [0.15, 0.2) is 12.1 Å². The number of hydrogen-bond acceptors (Lipinski definition) is 3. The molecule has 17 heavy (non-hydrogen) atoms. The fraction of sp³-hybridized carbons (Fsp3) is 0.462. The Kier molecular flexibility index (Phi) is 2.62. The summed E-state index contributed by atoms with van der Waals surface area (Å²) in [6.07, 6.45) is 0.223. The highest BCUT2D eigenvalue weighted by Crippen LogP contribution is 2.36. The van der Waals surface area contributed by atoms with Gasteiger partial charge in [-0.1, -0.05) is 0 Å². The van der Waals surface area contributed by atoms with E-state index in [9.17, 15) is 9.90 Å². The summed E-state index contributed by atoms with van der Waals surface area (Å²) in [4.78, 5) is 10.9. The number of aromatic carboxylic acids is 1. The van der Waals surface area contributed by atoms with Crippen molar-refractivity contribution in [2.75, 3.05) is 0 Å². The van der Waals surface area contributed by atoms with Crippen LogP contribution in [0.2, 0.25) is 0 Å². The Balaban J connectivity index is 2.39. The number of carboxylic acids is 1. The van der Waals surface area contributed by atoms with Gasteiger partial charge < -0.3 is 14.9 Å².